The summed E-state index contributed by atoms with van der Waals surface area (Å²) >= 11 is 9.03. The van der Waals surface area contributed by atoms with Crippen molar-refractivity contribution in [1.29, 1.82) is 0 Å². The molecule has 2 amide bonds. The van der Waals surface area contributed by atoms with Gasteiger partial charge < -0.3 is 14.2 Å². The third kappa shape index (κ3) is 6.54. The van der Waals surface area contributed by atoms with Crippen LogP contribution in [0.15, 0.2) is 65.6 Å². The Morgan fingerprint density at radius 2 is 1.75 bits per heavy atom. The number of hydrogen-bond donors (Lipinski definition) is 0. The predicted molar refractivity (Wildman–Crippen MR) is 151 cm³/mol. The number of aryl methyl sites for hydroxylation is 1. The molecule has 0 radical (unpaired) electrons. The quantitative estimate of drug-likeness (QED) is 0.187. The second-order valence-corrected chi connectivity index (χ2v) is 10.5. The first-order chi connectivity index (χ1) is 17.3. The van der Waals surface area contributed by atoms with Crippen LogP contribution in [0.25, 0.3) is 6.08 Å². The van der Waals surface area contributed by atoms with E-state index in [1.165, 1.54) is 4.90 Å². The number of thioether (sulfide) groups is 1. The van der Waals surface area contributed by atoms with Gasteiger partial charge in [-0.15, -0.1) is 0 Å². The maximum absolute atomic E-state index is 12.9. The van der Waals surface area contributed by atoms with Gasteiger partial charge in [0.2, 0.25) is 0 Å². The number of nitrogens with zero attached hydrogens (tertiary/aromatic N) is 1. The first-order valence-corrected chi connectivity index (χ1v) is 13.3. The van der Waals surface area contributed by atoms with Crippen molar-refractivity contribution in [3.63, 3.8) is 0 Å². The molecule has 1 fully saturated rings. The maximum atomic E-state index is 12.9. The van der Waals surface area contributed by atoms with Crippen molar-refractivity contribution < 1.29 is 23.8 Å². The van der Waals surface area contributed by atoms with Gasteiger partial charge in [-0.05, 0) is 94.9 Å². The SMILES string of the molecule is COc1cc(/C=C2\SC(=O)N(CCOc3ccc(C)cc3)C2=O)cc(I)c1OCc1ccc(Cl)cc1. The normalized spacial score (nSPS) is 14.4. The molecule has 36 heavy (non-hydrogen) atoms. The molecule has 186 valence electrons. The molecular weight excluding hydrogens is 613 g/mol. The zero-order chi connectivity index (χ0) is 25.7. The van der Waals surface area contributed by atoms with Crippen molar-refractivity contribution >= 4 is 63.2 Å². The number of hydrogen-bond acceptors (Lipinski definition) is 6. The van der Waals surface area contributed by atoms with E-state index in [-0.39, 0.29) is 24.3 Å². The highest BCUT2D eigenvalue weighted by Crippen LogP contribution is 2.37. The minimum atomic E-state index is -0.338. The highest BCUT2D eigenvalue weighted by atomic mass is 127. The van der Waals surface area contributed by atoms with E-state index in [2.05, 4.69) is 22.6 Å². The van der Waals surface area contributed by atoms with Crippen LogP contribution in [0.3, 0.4) is 0 Å². The van der Waals surface area contributed by atoms with Gasteiger partial charge in [0.15, 0.2) is 11.5 Å². The Morgan fingerprint density at radius 3 is 2.44 bits per heavy atom. The molecule has 0 spiro atoms. The van der Waals surface area contributed by atoms with Gasteiger partial charge in [-0.2, -0.15) is 0 Å². The van der Waals surface area contributed by atoms with Gasteiger partial charge in [0.25, 0.3) is 11.1 Å². The molecule has 3 aromatic carbocycles. The van der Waals surface area contributed by atoms with Crippen LogP contribution in [0, 0.1) is 10.5 Å². The zero-order valence-corrected chi connectivity index (χ0v) is 23.4. The summed E-state index contributed by atoms with van der Waals surface area (Å²) in [6.07, 6.45) is 1.69. The van der Waals surface area contributed by atoms with E-state index in [0.717, 1.165) is 32.0 Å². The van der Waals surface area contributed by atoms with Crippen LogP contribution < -0.4 is 14.2 Å². The molecule has 1 heterocycles. The van der Waals surface area contributed by atoms with Crippen LogP contribution >= 0.6 is 46.0 Å². The molecule has 1 saturated heterocycles. The van der Waals surface area contributed by atoms with Gasteiger partial charge in [-0.25, -0.2) is 0 Å². The summed E-state index contributed by atoms with van der Waals surface area (Å²) in [4.78, 5) is 26.9. The first-order valence-electron chi connectivity index (χ1n) is 11.0. The van der Waals surface area contributed by atoms with Gasteiger partial charge in [0, 0.05) is 5.02 Å². The number of halogens is 2. The molecular formula is C27H23ClINO5S. The number of imide groups is 1. The number of ether oxygens (including phenoxy) is 3. The molecule has 6 nitrogen and oxygen atoms in total. The van der Waals surface area contributed by atoms with E-state index < -0.39 is 0 Å². The summed E-state index contributed by atoms with van der Waals surface area (Å²) in [6, 6.07) is 18.7. The van der Waals surface area contributed by atoms with Crippen molar-refractivity contribution in [2.75, 3.05) is 20.3 Å². The number of methoxy groups -OCH3 is 1. The van der Waals surface area contributed by atoms with Crippen LogP contribution in [-0.2, 0) is 11.4 Å². The smallest absolute Gasteiger partial charge is 0.293 e. The molecule has 0 bridgehead atoms. The van der Waals surface area contributed by atoms with Crippen molar-refractivity contribution in [3.05, 3.63) is 90.9 Å². The number of amides is 2. The second-order valence-electron chi connectivity index (χ2n) is 7.94. The van der Waals surface area contributed by atoms with E-state index in [9.17, 15) is 9.59 Å². The molecule has 4 rings (SSSR count). The topological polar surface area (TPSA) is 65.1 Å². The Bertz CT molecular complexity index is 1290. The lowest BCUT2D eigenvalue weighted by molar-refractivity contribution is -0.123. The summed E-state index contributed by atoms with van der Waals surface area (Å²) in [6.45, 7) is 2.75. The van der Waals surface area contributed by atoms with Gasteiger partial charge >= 0.3 is 0 Å². The van der Waals surface area contributed by atoms with Gasteiger partial charge in [0.1, 0.15) is 19.0 Å². The summed E-state index contributed by atoms with van der Waals surface area (Å²) in [5.41, 5.74) is 2.84. The Kier molecular flexibility index (Phi) is 8.81. The third-order valence-corrected chi connectivity index (χ3v) is 7.28. The van der Waals surface area contributed by atoms with E-state index in [4.69, 9.17) is 25.8 Å². The number of benzene rings is 3. The Morgan fingerprint density at radius 1 is 1.03 bits per heavy atom. The standard InChI is InChI=1S/C27H23ClINO5S/c1-17-3-9-21(10-4-17)34-12-11-30-26(31)24(36-27(30)32)15-19-13-22(29)25(23(14-19)33-2)35-16-18-5-7-20(28)8-6-18/h3-10,13-15H,11-12,16H2,1-2H3/b24-15-. The first kappa shape index (κ1) is 26.4. The minimum Gasteiger partial charge on any atom is -0.493 e. The molecule has 0 N–H and O–H groups in total. The Balaban J connectivity index is 1.43. The van der Waals surface area contributed by atoms with E-state index >= 15 is 0 Å². The molecule has 1 aliphatic rings. The lowest BCUT2D eigenvalue weighted by Gasteiger charge is -2.14. The van der Waals surface area contributed by atoms with Gasteiger partial charge in [-0.3, -0.25) is 14.5 Å². The Labute approximate surface area is 232 Å². The lowest BCUT2D eigenvalue weighted by Crippen LogP contribution is -2.32. The average Bonchev–Trinajstić information content (AvgIpc) is 3.12. The summed E-state index contributed by atoms with van der Waals surface area (Å²) < 4.78 is 18.0. The van der Waals surface area contributed by atoms with Crippen LogP contribution in [0.4, 0.5) is 4.79 Å². The molecule has 0 saturated carbocycles. The third-order valence-electron chi connectivity index (χ3n) is 5.32. The maximum Gasteiger partial charge on any atom is 0.293 e. The van der Waals surface area contributed by atoms with Gasteiger partial charge in [-0.1, -0.05) is 41.4 Å². The molecule has 0 unspecified atom stereocenters. The number of rotatable bonds is 9. The fourth-order valence-electron chi connectivity index (χ4n) is 3.43. The van der Waals surface area contributed by atoms with Crippen LogP contribution in [-0.4, -0.2) is 36.3 Å². The predicted octanol–water partition coefficient (Wildman–Crippen LogP) is 6.96. The monoisotopic (exact) mass is 635 g/mol. The van der Waals surface area contributed by atoms with Crippen LogP contribution in [0.2, 0.25) is 5.02 Å². The summed E-state index contributed by atoms with van der Waals surface area (Å²) in [5, 5.41) is 0.349. The molecule has 0 aliphatic carbocycles. The fraction of sp³-hybridized carbons (Fsp3) is 0.185. The number of carbonyl (C=O) groups is 2. The summed E-state index contributed by atoms with van der Waals surface area (Å²) in [7, 11) is 1.56. The van der Waals surface area contributed by atoms with E-state index in [0.29, 0.717) is 33.8 Å². The van der Waals surface area contributed by atoms with Crippen molar-refractivity contribution in [3.8, 4) is 17.2 Å². The second kappa shape index (κ2) is 12.0. The molecule has 3 aromatic rings. The molecule has 9 heteroatoms. The lowest BCUT2D eigenvalue weighted by atomic mass is 10.1. The molecule has 1 aliphatic heterocycles. The van der Waals surface area contributed by atoms with Crippen LogP contribution in [0.1, 0.15) is 16.7 Å². The fourth-order valence-corrected chi connectivity index (χ4v) is 5.20. The van der Waals surface area contributed by atoms with Crippen molar-refractivity contribution in [1.82, 2.24) is 4.90 Å². The van der Waals surface area contributed by atoms with E-state index in [1.54, 1.807) is 19.3 Å². The van der Waals surface area contributed by atoms with Crippen LogP contribution in [0.5, 0.6) is 17.2 Å². The van der Waals surface area contributed by atoms with Crippen molar-refractivity contribution in [2.45, 2.75) is 13.5 Å². The minimum absolute atomic E-state index is 0.175. The summed E-state index contributed by atoms with van der Waals surface area (Å²) in [5.74, 6) is 1.50. The number of carbonyl (C=O) groups excluding carboxylic acids is 2. The molecule has 0 atom stereocenters. The van der Waals surface area contributed by atoms with Gasteiger partial charge in [0.05, 0.1) is 22.1 Å². The Hall–Kier alpha value is -2.69. The largest absolute Gasteiger partial charge is 0.493 e. The zero-order valence-electron chi connectivity index (χ0n) is 19.6. The average molecular weight is 636 g/mol. The molecule has 0 aromatic heterocycles. The highest BCUT2D eigenvalue weighted by molar-refractivity contribution is 14.1. The highest BCUT2D eigenvalue weighted by Gasteiger charge is 2.35. The van der Waals surface area contributed by atoms with E-state index in [1.807, 2.05) is 61.5 Å². The van der Waals surface area contributed by atoms with Crippen molar-refractivity contribution in [2.24, 2.45) is 0 Å².